The van der Waals surface area contributed by atoms with E-state index < -0.39 is 5.97 Å². The van der Waals surface area contributed by atoms with Gasteiger partial charge in [-0.2, -0.15) is 0 Å². The minimum Gasteiger partial charge on any atom is -0.465 e. The molecule has 0 atom stereocenters. The fourth-order valence-corrected chi connectivity index (χ4v) is 3.17. The number of rotatable bonds is 8. The molecule has 0 aliphatic carbocycles. The van der Waals surface area contributed by atoms with E-state index in [0.29, 0.717) is 29.0 Å². The Bertz CT molecular complexity index is 1080. The molecule has 3 aromatic rings. The number of esters is 1. The summed E-state index contributed by atoms with van der Waals surface area (Å²) in [7, 11) is 1.32. The highest BCUT2D eigenvalue weighted by Crippen LogP contribution is 2.19. The smallest absolute Gasteiger partial charge is 0.337 e. The topological polar surface area (TPSA) is 87.7 Å². The molecule has 3 rings (SSSR count). The number of methoxy groups -OCH3 is 1. The SMILES string of the molecule is CCN(C(=O)c1cccc(NC(=O)CNc2ccc(C(=O)OC)cc2)c1)c1ccccc1. The van der Waals surface area contributed by atoms with Gasteiger partial charge in [-0.25, -0.2) is 4.79 Å². The van der Waals surface area contributed by atoms with E-state index in [1.54, 1.807) is 53.4 Å². The molecule has 0 aromatic heterocycles. The number of nitrogens with zero attached hydrogens (tertiary/aromatic N) is 1. The van der Waals surface area contributed by atoms with Crippen molar-refractivity contribution in [2.45, 2.75) is 6.92 Å². The van der Waals surface area contributed by atoms with Gasteiger partial charge in [-0.05, 0) is 61.5 Å². The molecule has 32 heavy (non-hydrogen) atoms. The van der Waals surface area contributed by atoms with Crippen LogP contribution in [0.15, 0.2) is 78.9 Å². The van der Waals surface area contributed by atoms with Gasteiger partial charge in [0.15, 0.2) is 0 Å². The zero-order valence-electron chi connectivity index (χ0n) is 18.0. The number of hydrogen-bond acceptors (Lipinski definition) is 5. The summed E-state index contributed by atoms with van der Waals surface area (Å²) in [5.41, 5.74) is 2.96. The summed E-state index contributed by atoms with van der Waals surface area (Å²) >= 11 is 0. The Morgan fingerprint density at radius 1 is 0.844 bits per heavy atom. The Kier molecular flexibility index (Phi) is 7.59. The monoisotopic (exact) mass is 431 g/mol. The maximum atomic E-state index is 13.0. The van der Waals surface area contributed by atoms with Crippen molar-refractivity contribution in [2.75, 3.05) is 35.7 Å². The van der Waals surface area contributed by atoms with E-state index in [9.17, 15) is 14.4 Å². The lowest BCUT2D eigenvalue weighted by Crippen LogP contribution is -2.30. The maximum Gasteiger partial charge on any atom is 0.337 e. The molecule has 2 N–H and O–H groups in total. The first-order chi connectivity index (χ1) is 15.5. The molecule has 0 aliphatic rings. The van der Waals surface area contributed by atoms with Crippen molar-refractivity contribution in [3.63, 3.8) is 0 Å². The van der Waals surface area contributed by atoms with Crippen LogP contribution in [0.2, 0.25) is 0 Å². The lowest BCUT2D eigenvalue weighted by molar-refractivity contribution is -0.114. The molecule has 7 nitrogen and oxygen atoms in total. The Labute approximate surface area is 187 Å². The molecule has 0 heterocycles. The third-order valence-electron chi connectivity index (χ3n) is 4.78. The van der Waals surface area contributed by atoms with Crippen molar-refractivity contribution in [1.82, 2.24) is 0 Å². The molecule has 0 unspecified atom stereocenters. The summed E-state index contributed by atoms with van der Waals surface area (Å²) in [4.78, 5) is 38.5. The van der Waals surface area contributed by atoms with E-state index in [-0.39, 0.29) is 18.4 Å². The van der Waals surface area contributed by atoms with Gasteiger partial charge >= 0.3 is 5.97 Å². The predicted octanol–water partition coefficient (Wildman–Crippen LogP) is 4.19. The van der Waals surface area contributed by atoms with Crippen molar-refractivity contribution in [3.8, 4) is 0 Å². The van der Waals surface area contributed by atoms with E-state index in [0.717, 1.165) is 5.69 Å². The van der Waals surface area contributed by atoms with Crippen LogP contribution in [0.1, 0.15) is 27.6 Å². The first-order valence-electron chi connectivity index (χ1n) is 10.2. The number of amides is 2. The van der Waals surface area contributed by atoms with Gasteiger partial charge in [0.25, 0.3) is 5.91 Å². The van der Waals surface area contributed by atoms with E-state index >= 15 is 0 Å². The molecule has 0 aliphatic heterocycles. The van der Waals surface area contributed by atoms with E-state index in [4.69, 9.17) is 0 Å². The summed E-state index contributed by atoms with van der Waals surface area (Å²) < 4.78 is 4.66. The van der Waals surface area contributed by atoms with E-state index in [2.05, 4.69) is 15.4 Å². The van der Waals surface area contributed by atoms with Crippen LogP contribution in [-0.2, 0) is 9.53 Å². The molecule has 0 bridgehead atoms. The summed E-state index contributed by atoms with van der Waals surface area (Å²) in [6.07, 6.45) is 0. The van der Waals surface area contributed by atoms with Gasteiger partial charge in [0, 0.05) is 29.2 Å². The van der Waals surface area contributed by atoms with Crippen LogP contribution >= 0.6 is 0 Å². The third kappa shape index (κ3) is 5.72. The number of hydrogen-bond donors (Lipinski definition) is 2. The lowest BCUT2D eigenvalue weighted by Gasteiger charge is -2.21. The predicted molar refractivity (Wildman–Crippen MR) is 125 cm³/mol. The van der Waals surface area contributed by atoms with Crippen LogP contribution in [0.5, 0.6) is 0 Å². The summed E-state index contributed by atoms with van der Waals surface area (Å²) in [6, 6.07) is 22.9. The average molecular weight is 431 g/mol. The number of anilines is 3. The molecule has 164 valence electrons. The van der Waals surface area contributed by atoms with Gasteiger partial charge in [-0.15, -0.1) is 0 Å². The van der Waals surface area contributed by atoms with Gasteiger partial charge < -0.3 is 20.3 Å². The molecule has 3 aromatic carbocycles. The molecule has 0 saturated carbocycles. The number of benzene rings is 3. The van der Waals surface area contributed by atoms with Crippen molar-refractivity contribution >= 4 is 34.8 Å². The van der Waals surface area contributed by atoms with Crippen LogP contribution in [0.25, 0.3) is 0 Å². The van der Waals surface area contributed by atoms with Gasteiger partial charge in [-0.1, -0.05) is 24.3 Å². The van der Waals surface area contributed by atoms with E-state index in [1.165, 1.54) is 7.11 Å². The highest BCUT2D eigenvalue weighted by atomic mass is 16.5. The fourth-order valence-electron chi connectivity index (χ4n) is 3.17. The quantitative estimate of drug-likeness (QED) is 0.522. The van der Waals surface area contributed by atoms with Crippen molar-refractivity contribution in [1.29, 1.82) is 0 Å². The number of carbonyl (C=O) groups excluding carboxylic acids is 3. The highest BCUT2D eigenvalue weighted by molar-refractivity contribution is 6.07. The highest BCUT2D eigenvalue weighted by Gasteiger charge is 2.16. The van der Waals surface area contributed by atoms with Crippen LogP contribution in [0, 0.1) is 0 Å². The summed E-state index contributed by atoms with van der Waals surface area (Å²) in [5.74, 6) is -0.821. The number of para-hydroxylation sites is 1. The van der Waals surface area contributed by atoms with E-state index in [1.807, 2.05) is 37.3 Å². The van der Waals surface area contributed by atoms with Crippen molar-refractivity contribution in [2.24, 2.45) is 0 Å². The van der Waals surface area contributed by atoms with Crippen LogP contribution < -0.4 is 15.5 Å². The second-order valence-electron chi connectivity index (χ2n) is 6.94. The lowest BCUT2D eigenvalue weighted by atomic mass is 10.1. The van der Waals surface area contributed by atoms with Gasteiger partial charge in [0.05, 0.1) is 19.2 Å². The van der Waals surface area contributed by atoms with Crippen LogP contribution in [0.3, 0.4) is 0 Å². The zero-order chi connectivity index (χ0) is 22.9. The van der Waals surface area contributed by atoms with Gasteiger partial charge in [0.2, 0.25) is 5.91 Å². The Hall–Kier alpha value is -4.13. The largest absolute Gasteiger partial charge is 0.465 e. The molecule has 2 amide bonds. The first kappa shape index (κ1) is 22.6. The number of ether oxygens (including phenoxy) is 1. The summed E-state index contributed by atoms with van der Waals surface area (Å²) in [5, 5.41) is 5.79. The molecule has 0 fully saturated rings. The molecule has 0 spiro atoms. The third-order valence-corrected chi connectivity index (χ3v) is 4.78. The molecular weight excluding hydrogens is 406 g/mol. The summed E-state index contributed by atoms with van der Waals surface area (Å²) in [6.45, 7) is 2.47. The normalized spacial score (nSPS) is 10.2. The van der Waals surface area contributed by atoms with Crippen molar-refractivity contribution < 1.29 is 19.1 Å². The second-order valence-corrected chi connectivity index (χ2v) is 6.94. The zero-order valence-corrected chi connectivity index (χ0v) is 18.0. The Morgan fingerprint density at radius 2 is 1.56 bits per heavy atom. The number of carbonyl (C=O) groups is 3. The van der Waals surface area contributed by atoms with Gasteiger partial charge in [0.1, 0.15) is 0 Å². The standard InChI is InChI=1S/C25H25N3O4/c1-3-28(22-10-5-4-6-11-22)24(30)19-8-7-9-21(16-19)27-23(29)17-26-20-14-12-18(13-15-20)25(31)32-2/h4-16,26H,3,17H2,1-2H3,(H,27,29). The number of nitrogens with one attached hydrogen (secondary N) is 2. The van der Waals surface area contributed by atoms with Crippen LogP contribution in [-0.4, -0.2) is 38.0 Å². The second kappa shape index (κ2) is 10.8. The van der Waals surface area contributed by atoms with Crippen LogP contribution in [0.4, 0.5) is 17.1 Å². The molecule has 7 heteroatoms. The molecular formula is C25H25N3O4. The Morgan fingerprint density at radius 3 is 2.22 bits per heavy atom. The van der Waals surface area contributed by atoms with Gasteiger partial charge in [-0.3, -0.25) is 9.59 Å². The molecule has 0 radical (unpaired) electrons. The fraction of sp³-hybridized carbons (Fsp3) is 0.160. The van der Waals surface area contributed by atoms with Crippen molar-refractivity contribution in [3.05, 3.63) is 90.0 Å². The average Bonchev–Trinajstić information content (AvgIpc) is 2.84. The minimum atomic E-state index is -0.419. The maximum absolute atomic E-state index is 13.0. The Balaban J connectivity index is 1.61. The first-order valence-corrected chi connectivity index (χ1v) is 10.2. The minimum absolute atomic E-state index is 0.0286. The molecule has 0 saturated heterocycles.